The predicted octanol–water partition coefficient (Wildman–Crippen LogP) is 5.06. The molecule has 1 unspecified atom stereocenters. The molecule has 0 saturated carbocycles. The number of rotatable bonds is 7. The first-order valence-corrected chi connectivity index (χ1v) is 10.9. The Morgan fingerprint density at radius 3 is 2.39 bits per heavy atom. The van der Waals surface area contributed by atoms with Crippen molar-refractivity contribution in [2.24, 2.45) is 0 Å². The fourth-order valence-electron chi connectivity index (χ4n) is 3.33. The average Bonchev–Trinajstić information content (AvgIpc) is 2.78. The van der Waals surface area contributed by atoms with Crippen molar-refractivity contribution >= 4 is 38.3 Å². The van der Waals surface area contributed by atoms with Crippen LogP contribution in [-0.4, -0.2) is 27.6 Å². The van der Waals surface area contributed by atoms with Crippen LogP contribution in [0.2, 0.25) is 5.02 Å². The largest absolute Gasteiger partial charge is 0.389 e. The zero-order valence-electron chi connectivity index (χ0n) is 16.5. The molecule has 0 radical (unpaired) electrons. The van der Waals surface area contributed by atoms with Gasteiger partial charge in [0.1, 0.15) is 0 Å². The van der Waals surface area contributed by atoms with Crippen LogP contribution < -0.4 is 5.56 Å². The molecule has 0 saturated heterocycles. The summed E-state index contributed by atoms with van der Waals surface area (Å²) in [6, 6.07) is 22.4. The molecule has 158 valence electrons. The number of aliphatic hydroxyl groups is 1. The maximum Gasteiger partial charge on any atom is 0.274 e. The van der Waals surface area contributed by atoms with E-state index >= 15 is 0 Å². The van der Waals surface area contributed by atoms with Gasteiger partial charge in [0.15, 0.2) is 0 Å². The summed E-state index contributed by atoms with van der Waals surface area (Å²) >= 11 is 9.33. The highest BCUT2D eigenvalue weighted by Crippen LogP contribution is 2.26. The SMILES string of the molecule is O=c1c2ccccc2c(-c2ccc(Br)cc2)nn1CC(O)COCc1ccc(Cl)cc1. The molecule has 3 aromatic carbocycles. The molecule has 0 amide bonds. The second-order valence-corrected chi connectivity index (χ2v) is 8.54. The minimum atomic E-state index is -0.878. The van der Waals surface area contributed by atoms with Crippen LogP contribution in [0.25, 0.3) is 22.0 Å². The Kier molecular flexibility index (Phi) is 6.83. The molecule has 1 heterocycles. The van der Waals surface area contributed by atoms with Crippen molar-refractivity contribution in [3.05, 3.63) is 98.2 Å². The van der Waals surface area contributed by atoms with E-state index in [1.54, 1.807) is 18.2 Å². The van der Waals surface area contributed by atoms with Crippen molar-refractivity contribution < 1.29 is 9.84 Å². The predicted molar refractivity (Wildman–Crippen MR) is 126 cm³/mol. The molecule has 4 rings (SSSR count). The second kappa shape index (κ2) is 9.75. The first-order chi connectivity index (χ1) is 15.0. The number of ether oxygens (including phenoxy) is 1. The Labute approximate surface area is 193 Å². The van der Waals surface area contributed by atoms with E-state index in [0.717, 1.165) is 21.0 Å². The number of hydrogen-bond donors (Lipinski definition) is 1. The number of aromatic nitrogens is 2. The summed E-state index contributed by atoms with van der Waals surface area (Å²) in [6.45, 7) is 0.462. The van der Waals surface area contributed by atoms with E-state index in [-0.39, 0.29) is 18.7 Å². The molecule has 0 bridgehead atoms. The average molecular weight is 500 g/mol. The van der Waals surface area contributed by atoms with Gasteiger partial charge in [0.2, 0.25) is 0 Å². The zero-order valence-corrected chi connectivity index (χ0v) is 18.9. The summed E-state index contributed by atoms with van der Waals surface area (Å²) in [5.74, 6) is 0. The molecule has 5 nitrogen and oxygen atoms in total. The third kappa shape index (κ3) is 5.22. The molecule has 7 heteroatoms. The fraction of sp³-hybridized carbons (Fsp3) is 0.167. The highest BCUT2D eigenvalue weighted by molar-refractivity contribution is 9.10. The van der Waals surface area contributed by atoms with Crippen molar-refractivity contribution in [1.29, 1.82) is 0 Å². The zero-order chi connectivity index (χ0) is 21.8. The monoisotopic (exact) mass is 498 g/mol. The van der Waals surface area contributed by atoms with E-state index in [4.69, 9.17) is 16.3 Å². The second-order valence-electron chi connectivity index (χ2n) is 7.18. The summed E-state index contributed by atoms with van der Waals surface area (Å²) in [5, 5.41) is 17.0. The van der Waals surface area contributed by atoms with Gasteiger partial charge in [-0.2, -0.15) is 5.10 Å². The molecule has 1 atom stereocenters. The van der Waals surface area contributed by atoms with Crippen LogP contribution in [0.15, 0.2) is 82.1 Å². The maximum absolute atomic E-state index is 13.0. The number of benzene rings is 3. The highest BCUT2D eigenvalue weighted by atomic mass is 79.9. The van der Waals surface area contributed by atoms with Gasteiger partial charge in [-0.3, -0.25) is 4.79 Å². The first-order valence-electron chi connectivity index (χ1n) is 9.77. The van der Waals surface area contributed by atoms with Gasteiger partial charge in [0.05, 0.1) is 36.9 Å². The number of nitrogens with zero attached hydrogens (tertiary/aromatic N) is 2. The lowest BCUT2D eigenvalue weighted by molar-refractivity contribution is 0.0181. The summed E-state index contributed by atoms with van der Waals surface area (Å²) in [6.07, 6.45) is -0.878. The van der Waals surface area contributed by atoms with Crippen molar-refractivity contribution in [2.75, 3.05) is 6.61 Å². The highest BCUT2D eigenvalue weighted by Gasteiger charge is 2.15. The molecule has 0 aliphatic carbocycles. The molecular weight excluding hydrogens is 480 g/mol. The van der Waals surface area contributed by atoms with Gasteiger partial charge in [-0.25, -0.2) is 4.68 Å². The van der Waals surface area contributed by atoms with E-state index < -0.39 is 6.10 Å². The van der Waals surface area contributed by atoms with Crippen LogP contribution in [0.5, 0.6) is 0 Å². The van der Waals surface area contributed by atoms with Crippen LogP contribution in [0, 0.1) is 0 Å². The van der Waals surface area contributed by atoms with Gasteiger partial charge in [0.25, 0.3) is 5.56 Å². The smallest absolute Gasteiger partial charge is 0.274 e. The lowest BCUT2D eigenvalue weighted by Crippen LogP contribution is -2.31. The molecule has 0 aliphatic rings. The standard InChI is InChI=1S/C24H20BrClN2O3/c25-18-9-7-17(8-10-18)23-21-3-1-2-4-22(21)24(30)28(27-23)13-20(29)15-31-14-16-5-11-19(26)12-6-16/h1-12,20,29H,13-15H2. The molecule has 0 spiro atoms. The van der Waals surface area contributed by atoms with Crippen molar-refractivity contribution in [3.8, 4) is 11.3 Å². The Hall–Kier alpha value is -2.51. The normalized spacial score (nSPS) is 12.2. The summed E-state index contributed by atoms with van der Waals surface area (Å²) in [4.78, 5) is 13.0. The Balaban J connectivity index is 1.55. The lowest BCUT2D eigenvalue weighted by atomic mass is 10.1. The Bertz CT molecular complexity index is 1240. The lowest BCUT2D eigenvalue weighted by Gasteiger charge is -2.15. The first kappa shape index (κ1) is 21.7. The third-order valence-electron chi connectivity index (χ3n) is 4.86. The molecule has 0 aliphatic heterocycles. The van der Waals surface area contributed by atoms with Crippen molar-refractivity contribution in [1.82, 2.24) is 9.78 Å². The van der Waals surface area contributed by atoms with E-state index in [0.29, 0.717) is 22.7 Å². The van der Waals surface area contributed by atoms with Crippen LogP contribution >= 0.6 is 27.5 Å². The van der Waals surface area contributed by atoms with Crippen molar-refractivity contribution in [2.45, 2.75) is 19.3 Å². The Morgan fingerprint density at radius 2 is 1.68 bits per heavy atom. The minimum absolute atomic E-state index is 0.0355. The van der Waals surface area contributed by atoms with Gasteiger partial charge < -0.3 is 9.84 Å². The van der Waals surface area contributed by atoms with Gasteiger partial charge in [-0.1, -0.05) is 70.0 Å². The third-order valence-corrected chi connectivity index (χ3v) is 5.64. The van der Waals surface area contributed by atoms with Crippen LogP contribution in [0.4, 0.5) is 0 Å². The number of aliphatic hydroxyl groups excluding tert-OH is 1. The molecule has 1 aromatic heterocycles. The van der Waals surface area contributed by atoms with E-state index in [9.17, 15) is 9.90 Å². The molecule has 0 fully saturated rings. The van der Waals surface area contributed by atoms with Gasteiger partial charge >= 0.3 is 0 Å². The van der Waals surface area contributed by atoms with E-state index in [2.05, 4.69) is 21.0 Å². The van der Waals surface area contributed by atoms with Gasteiger partial charge in [-0.15, -0.1) is 0 Å². The molecule has 1 N–H and O–H groups in total. The molecular formula is C24H20BrClN2O3. The maximum atomic E-state index is 13.0. The quantitative estimate of drug-likeness (QED) is 0.386. The molecule has 31 heavy (non-hydrogen) atoms. The van der Waals surface area contributed by atoms with Crippen LogP contribution in [0.3, 0.4) is 0 Å². The summed E-state index contributed by atoms with van der Waals surface area (Å²) < 4.78 is 7.88. The van der Waals surface area contributed by atoms with Crippen LogP contribution in [0.1, 0.15) is 5.56 Å². The number of halogens is 2. The summed E-state index contributed by atoms with van der Waals surface area (Å²) in [7, 11) is 0. The summed E-state index contributed by atoms with van der Waals surface area (Å²) in [5.41, 5.74) is 2.29. The van der Waals surface area contributed by atoms with Gasteiger partial charge in [-0.05, 0) is 35.9 Å². The Morgan fingerprint density at radius 1 is 1.00 bits per heavy atom. The number of fused-ring (bicyclic) bond motifs is 1. The topological polar surface area (TPSA) is 64.4 Å². The fourth-order valence-corrected chi connectivity index (χ4v) is 3.72. The van der Waals surface area contributed by atoms with E-state index in [1.165, 1.54) is 4.68 Å². The van der Waals surface area contributed by atoms with Crippen molar-refractivity contribution in [3.63, 3.8) is 0 Å². The minimum Gasteiger partial charge on any atom is -0.389 e. The molecule has 4 aromatic rings. The van der Waals surface area contributed by atoms with Gasteiger partial charge in [0, 0.05) is 20.4 Å². The van der Waals surface area contributed by atoms with E-state index in [1.807, 2.05) is 54.6 Å². The van der Waals surface area contributed by atoms with Crippen LogP contribution in [-0.2, 0) is 17.9 Å². The number of hydrogen-bond acceptors (Lipinski definition) is 4.